The summed E-state index contributed by atoms with van der Waals surface area (Å²) in [5.74, 6) is 0.591. The van der Waals surface area contributed by atoms with Crippen molar-refractivity contribution in [3.8, 4) is 0 Å². The summed E-state index contributed by atoms with van der Waals surface area (Å²) >= 11 is 0. The highest BCUT2D eigenvalue weighted by molar-refractivity contribution is 7.91. The van der Waals surface area contributed by atoms with Crippen molar-refractivity contribution in [2.24, 2.45) is 5.92 Å². The van der Waals surface area contributed by atoms with Crippen molar-refractivity contribution in [2.45, 2.75) is 57.8 Å². The molecule has 0 fully saturated rings. The number of rotatable bonds is 10. The number of carbonyl (C=O) groups excluding carboxylic acids is 1. The molecule has 4 rings (SSSR count). The highest BCUT2D eigenvalue weighted by Gasteiger charge is 2.17. The van der Waals surface area contributed by atoms with Crippen molar-refractivity contribution in [2.75, 3.05) is 29.1 Å². The fourth-order valence-electron chi connectivity index (χ4n) is 4.92. The van der Waals surface area contributed by atoms with Gasteiger partial charge in [0.1, 0.15) is 0 Å². The molecule has 5 nitrogen and oxygen atoms in total. The van der Waals surface area contributed by atoms with E-state index in [2.05, 4.69) is 54.4 Å². The van der Waals surface area contributed by atoms with Crippen LogP contribution in [0.25, 0.3) is 0 Å². The number of fused-ring (bicyclic) bond motifs is 1. The zero-order valence-electron chi connectivity index (χ0n) is 22.2. The Bertz CT molecular complexity index is 1310. The monoisotopic (exact) mass is 518 g/mol. The fourth-order valence-corrected chi connectivity index (χ4v) is 5.80. The van der Waals surface area contributed by atoms with E-state index in [0.717, 1.165) is 43.6 Å². The Morgan fingerprint density at radius 1 is 0.946 bits per heavy atom. The van der Waals surface area contributed by atoms with E-state index in [9.17, 15) is 13.2 Å². The van der Waals surface area contributed by atoms with E-state index in [1.165, 1.54) is 28.8 Å². The van der Waals surface area contributed by atoms with Gasteiger partial charge in [-0.15, -0.1) is 0 Å². The molecule has 0 saturated carbocycles. The Kier molecular flexibility index (Phi) is 8.70. The maximum absolute atomic E-state index is 12.5. The lowest BCUT2D eigenvalue weighted by atomic mass is 9.95. The standard InChI is InChI=1S/C31H38N2O3S/c1-4-37(35,36)29-15-10-25(11-16-29)22-31(34)32-28-13-8-24(9-14-28)17-19-33-18-5-6-27-12-7-26(20-23(2)3)21-30(27)33/h7-16,21,23H,4-6,17-20,22H2,1-3H3,(H,32,34). The summed E-state index contributed by atoms with van der Waals surface area (Å²) < 4.78 is 23.9. The van der Waals surface area contributed by atoms with Crippen LogP contribution in [-0.4, -0.2) is 33.2 Å². The zero-order valence-corrected chi connectivity index (χ0v) is 23.0. The quantitative estimate of drug-likeness (QED) is 0.365. The summed E-state index contributed by atoms with van der Waals surface area (Å²) in [5.41, 5.74) is 7.06. The third kappa shape index (κ3) is 7.22. The Hall–Kier alpha value is -3.12. The molecule has 1 aliphatic heterocycles. The van der Waals surface area contributed by atoms with Crippen molar-refractivity contribution in [3.63, 3.8) is 0 Å². The molecule has 0 aromatic heterocycles. The van der Waals surface area contributed by atoms with Crippen LogP contribution >= 0.6 is 0 Å². The SMILES string of the molecule is CCS(=O)(=O)c1ccc(CC(=O)Nc2ccc(CCN3CCCc4ccc(CC(C)C)cc43)cc2)cc1. The van der Waals surface area contributed by atoms with Crippen LogP contribution in [0.4, 0.5) is 11.4 Å². The number of benzene rings is 3. The predicted octanol–water partition coefficient (Wildman–Crippen LogP) is 5.86. The average Bonchev–Trinajstić information content (AvgIpc) is 2.88. The van der Waals surface area contributed by atoms with Crippen LogP contribution < -0.4 is 10.2 Å². The highest BCUT2D eigenvalue weighted by atomic mass is 32.2. The lowest BCUT2D eigenvalue weighted by Gasteiger charge is -2.32. The Labute approximate surface area is 221 Å². The minimum Gasteiger partial charge on any atom is -0.371 e. The number of nitrogens with one attached hydrogen (secondary N) is 1. The zero-order chi connectivity index (χ0) is 26.4. The molecule has 1 amide bonds. The maximum atomic E-state index is 12.5. The van der Waals surface area contributed by atoms with Crippen LogP contribution in [0.3, 0.4) is 0 Å². The van der Waals surface area contributed by atoms with Crippen LogP contribution in [0.5, 0.6) is 0 Å². The molecule has 3 aromatic rings. The lowest BCUT2D eigenvalue weighted by molar-refractivity contribution is -0.115. The molecule has 0 radical (unpaired) electrons. The summed E-state index contributed by atoms with van der Waals surface area (Å²) in [6.07, 6.45) is 4.61. The first-order valence-corrected chi connectivity index (χ1v) is 15.0. The Morgan fingerprint density at radius 2 is 1.62 bits per heavy atom. The summed E-state index contributed by atoms with van der Waals surface area (Å²) in [7, 11) is -3.23. The number of amides is 1. The highest BCUT2D eigenvalue weighted by Crippen LogP contribution is 2.29. The van der Waals surface area contributed by atoms with Crippen molar-refractivity contribution in [1.29, 1.82) is 0 Å². The Morgan fingerprint density at radius 3 is 2.30 bits per heavy atom. The topological polar surface area (TPSA) is 66.5 Å². The van der Waals surface area contributed by atoms with E-state index in [1.807, 2.05) is 12.1 Å². The average molecular weight is 519 g/mol. The molecular weight excluding hydrogens is 480 g/mol. The predicted molar refractivity (Wildman–Crippen MR) is 152 cm³/mol. The molecule has 1 N–H and O–H groups in total. The minimum atomic E-state index is -3.23. The second kappa shape index (κ2) is 12.0. The molecule has 0 aliphatic carbocycles. The first-order valence-electron chi connectivity index (χ1n) is 13.3. The van der Waals surface area contributed by atoms with E-state index in [-0.39, 0.29) is 18.1 Å². The van der Waals surface area contributed by atoms with Gasteiger partial charge in [-0.1, -0.05) is 57.2 Å². The van der Waals surface area contributed by atoms with Gasteiger partial charge in [-0.3, -0.25) is 4.79 Å². The molecule has 1 aliphatic rings. The number of carbonyl (C=O) groups is 1. The van der Waals surface area contributed by atoms with Crippen LogP contribution in [0.15, 0.2) is 71.6 Å². The molecule has 0 atom stereocenters. The van der Waals surface area contributed by atoms with Gasteiger partial charge in [-0.25, -0.2) is 8.42 Å². The number of sulfone groups is 1. The van der Waals surface area contributed by atoms with Crippen molar-refractivity contribution in [3.05, 3.63) is 89.0 Å². The van der Waals surface area contributed by atoms with Gasteiger partial charge in [0, 0.05) is 24.5 Å². The fraction of sp³-hybridized carbons (Fsp3) is 0.387. The van der Waals surface area contributed by atoms with Crippen LogP contribution in [0.1, 0.15) is 49.4 Å². The van der Waals surface area contributed by atoms with Crippen molar-refractivity contribution in [1.82, 2.24) is 0 Å². The van der Waals surface area contributed by atoms with Crippen molar-refractivity contribution < 1.29 is 13.2 Å². The molecule has 0 bridgehead atoms. The van der Waals surface area contributed by atoms with Gasteiger partial charge in [0.25, 0.3) is 0 Å². The first-order chi connectivity index (χ1) is 17.7. The number of nitrogens with zero attached hydrogens (tertiary/aromatic N) is 1. The first kappa shape index (κ1) is 26.9. The number of aryl methyl sites for hydroxylation is 1. The second-order valence-electron chi connectivity index (χ2n) is 10.4. The second-order valence-corrected chi connectivity index (χ2v) is 12.6. The molecule has 37 heavy (non-hydrogen) atoms. The molecule has 196 valence electrons. The molecule has 6 heteroatoms. The normalized spacial score (nSPS) is 13.5. The summed E-state index contributed by atoms with van der Waals surface area (Å²) in [5, 5.41) is 2.95. The Balaban J connectivity index is 1.31. The molecule has 0 unspecified atom stereocenters. The lowest BCUT2D eigenvalue weighted by Crippen LogP contribution is -2.31. The molecule has 0 spiro atoms. The summed E-state index contributed by atoms with van der Waals surface area (Å²) in [6, 6.07) is 21.6. The largest absolute Gasteiger partial charge is 0.371 e. The molecule has 0 saturated heterocycles. The van der Waals surface area contributed by atoms with E-state index in [4.69, 9.17) is 0 Å². The summed E-state index contributed by atoms with van der Waals surface area (Å²) in [6.45, 7) is 8.23. The van der Waals surface area contributed by atoms with Gasteiger partial charge in [-0.05, 0) is 84.2 Å². The van der Waals surface area contributed by atoms with Crippen molar-refractivity contribution >= 4 is 27.1 Å². The number of anilines is 2. The smallest absolute Gasteiger partial charge is 0.228 e. The van der Waals surface area contributed by atoms with Crippen LogP contribution in [0, 0.1) is 5.92 Å². The van der Waals surface area contributed by atoms with Gasteiger partial charge >= 0.3 is 0 Å². The van der Waals surface area contributed by atoms with Crippen LogP contribution in [-0.2, 0) is 40.3 Å². The van der Waals surface area contributed by atoms with Gasteiger partial charge in [-0.2, -0.15) is 0 Å². The van der Waals surface area contributed by atoms with Crippen LogP contribution in [0.2, 0.25) is 0 Å². The van der Waals surface area contributed by atoms with Gasteiger partial charge < -0.3 is 10.2 Å². The third-order valence-electron chi connectivity index (χ3n) is 6.94. The molecule has 1 heterocycles. The van der Waals surface area contributed by atoms with E-state index < -0.39 is 9.84 Å². The van der Waals surface area contributed by atoms with E-state index >= 15 is 0 Å². The van der Waals surface area contributed by atoms with Gasteiger partial charge in [0.15, 0.2) is 9.84 Å². The molecule has 3 aromatic carbocycles. The van der Waals surface area contributed by atoms with Gasteiger partial charge in [0.05, 0.1) is 17.1 Å². The van der Waals surface area contributed by atoms with E-state index in [1.54, 1.807) is 31.2 Å². The maximum Gasteiger partial charge on any atom is 0.228 e. The van der Waals surface area contributed by atoms with Gasteiger partial charge in [0.2, 0.25) is 5.91 Å². The minimum absolute atomic E-state index is 0.0629. The summed E-state index contributed by atoms with van der Waals surface area (Å²) in [4.78, 5) is 15.3. The number of hydrogen-bond acceptors (Lipinski definition) is 4. The number of hydrogen-bond donors (Lipinski definition) is 1. The third-order valence-corrected chi connectivity index (χ3v) is 8.69. The molecular formula is C31H38N2O3S. The van der Waals surface area contributed by atoms with E-state index in [0.29, 0.717) is 10.8 Å².